The Hall–Kier alpha value is -1.39. The highest BCUT2D eigenvalue weighted by molar-refractivity contribution is 5.75. The van der Waals surface area contributed by atoms with Crippen LogP contribution >= 0.6 is 0 Å². The molecule has 100 valence electrons. The van der Waals surface area contributed by atoms with Crippen LogP contribution in [0.3, 0.4) is 0 Å². The van der Waals surface area contributed by atoms with Crippen LogP contribution in [0.4, 0.5) is 0 Å². The van der Waals surface area contributed by atoms with Gasteiger partial charge in [-0.25, -0.2) is 0 Å². The van der Waals surface area contributed by atoms with E-state index >= 15 is 0 Å². The molecule has 4 heteroatoms. The van der Waals surface area contributed by atoms with Gasteiger partial charge in [0.15, 0.2) is 0 Å². The molecule has 0 fully saturated rings. The summed E-state index contributed by atoms with van der Waals surface area (Å²) in [5.41, 5.74) is 7.04. The standard InChI is InChI=1S/C14H22N2O2/c1-2-12(17)10-16-14(18)9-8-13(15)11-6-4-3-5-7-11/h3-7,12-13,17H,2,8-10,15H2,1H3,(H,16,18). The third-order valence-corrected chi connectivity index (χ3v) is 2.92. The van der Waals surface area contributed by atoms with E-state index in [2.05, 4.69) is 5.32 Å². The number of nitrogens with one attached hydrogen (secondary N) is 1. The molecule has 0 spiro atoms. The lowest BCUT2D eigenvalue weighted by molar-refractivity contribution is -0.121. The summed E-state index contributed by atoms with van der Waals surface area (Å²) in [6.45, 7) is 2.19. The maximum absolute atomic E-state index is 11.5. The molecule has 0 aliphatic carbocycles. The van der Waals surface area contributed by atoms with Gasteiger partial charge in [0.2, 0.25) is 5.91 Å². The summed E-state index contributed by atoms with van der Waals surface area (Å²) in [6.07, 6.45) is 1.17. The van der Waals surface area contributed by atoms with Crippen molar-refractivity contribution in [3.8, 4) is 0 Å². The summed E-state index contributed by atoms with van der Waals surface area (Å²) < 4.78 is 0. The molecule has 0 aromatic heterocycles. The minimum atomic E-state index is -0.461. The number of aliphatic hydroxyl groups excluding tert-OH is 1. The van der Waals surface area contributed by atoms with Gasteiger partial charge in [-0.3, -0.25) is 4.79 Å². The molecule has 0 saturated heterocycles. The van der Waals surface area contributed by atoms with Crippen LogP contribution in [0.5, 0.6) is 0 Å². The Labute approximate surface area is 108 Å². The lowest BCUT2D eigenvalue weighted by Crippen LogP contribution is -2.32. The van der Waals surface area contributed by atoms with Gasteiger partial charge in [0, 0.05) is 19.0 Å². The smallest absolute Gasteiger partial charge is 0.220 e. The normalized spacial score (nSPS) is 13.9. The van der Waals surface area contributed by atoms with Crippen molar-refractivity contribution in [3.63, 3.8) is 0 Å². The molecule has 1 aromatic rings. The molecule has 1 rings (SSSR count). The van der Waals surface area contributed by atoms with E-state index in [0.29, 0.717) is 25.8 Å². The van der Waals surface area contributed by atoms with Gasteiger partial charge >= 0.3 is 0 Å². The van der Waals surface area contributed by atoms with Gasteiger partial charge in [-0.05, 0) is 18.4 Å². The molecule has 0 aliphatic heterocycles. The summed E-state index contributed by atoms with van der Waals surface area (Å²) in [4.78, 5) is 11.5. The lowest BCUT2D eigenvalue weighted by Gasteiger charge is -2.13. The highest BCUT2D eigenvalue weighted by Crippen LogP contribution is 2.14. The number of hydrogen-bond donors (Lipinski definition) is 3. The number of aliphatic hydroxyl groups is 1. The molecule has 4 nitrogen and oxygen atoms in total. The van der Waals surface area contributed by atoms with Crippen molar-refractivity contribution in [3.05, 3.63) is 35.9 Å². The van der Waals surface area contributed by atoms with Gasteiger partial charge in [0.25, 0.3) is 0 Å². The van der Waals surface area contributed by atoms with E-state index in [0.717, 1.165) is 5.56 Å². The van der Waals surface area contributed by atoms with Crippen LogP contribution in [-0.2, 0) is 4.79 Å². The van der Waals surface area contributed by atoms with Crippen LogP contribution in [0.2, 0.25) is 0 Å². The number of carbonyl (C=O) groups excluding carboxylic acids is 1. The fourth-order valence-corrected chi connectivity index (χ4v) is 1.62. The highest BCUT2D eigenvalue weighted by atomic mass is 16.3. The van der Waals surface area contributed by atoms with Gasteiger partial charge in [-0.2, -0.15) is 0 Å². The average Bonchev–Trinajstić information content (AvgIpc) is 2.42. The van der Waals surface area contributed by atoms with E-state index in [1.165, 1.54) is 0 Å². The van der Waals surface area contributed by atoms with Gasteiger partial charge in [-0.1, -0.05) is 37.3 Å². The van der Waals surface area contributed by atoms with Crippen LogP contribution in [0.25, 0.3) is 0 Å². The minimum Gasteiger partial charge on any atom is -0.391 e. The molecule has 0 heterocycles. The Morgan fingerprint density at radius 1 is 1.39 bits per heavy atom. The van der Waals surface area contributed by atoms with Crippen LogP contribution in [0, 0.1) is 0 Å². The third-order valence-electron chi connectivity index (χ3n) is 2.92. The fraction of sp³-hybridized carbons (Fsp3) is 0.500. The first-order valence-electron chi connectivity index (χ1n) is 6.38. The van der Waals surface area contributed by atoms with Crippen molar-refractivity contribution in [1.29, 1.82) is 0 Å². The summed E-state index contributed by atoms with van der Waals surface area (Å²) in [6, 6.07) is 9.62. The molecule has 0 aliphatic rings. The molecule has 4 N–H and O–H groups in total. The van der Waals surface area contributed by atoms with Crippen LogP contribution in [-0.4, -0.2) is 23.7 Å². The number of hydrogen-bond acceptors (Lipinski definition) is 3. The van der Waals surface area contributed by atoms with E-state index in [-0.39, 0.29) is 11.9 Å². The maximum atomic E-state index is 11.5. The summed E-state index contributed by atoms with van der Waals surface area (Å²) >= 11 is 0. The first-order valence-corrected chi connectivity index (χ1v) is 6.38. The third kappa shape index (κ3) is 5.29. The van der Waals surface area contributed by atoms with E-state index in [4.69, 9.17) is 5.73 Å². The number of amides is 1. The molecule has 1 amide bonds. The quantitative estimate of drug-likeness (QED) is 0.684. The molecule has 0 radical (unpaired) electrons. The first-order chi connectivity index (χ1) is 8.63. The molecule has 0 saturated carbocycles. The molecule has 18 heavy (non-hydrogen) atoms. The number of rotatable bonds is 7. The van der Waals surface area contributed by atoms with Gasteiger partial charge < -0.3 is 16.2 Å². The fourth-order valence-electron chi connectivity index (χ4n) is 1.62. The SMILES string of the molecule is CCC(O)CNC(=O)CCC(N)c1ccccc1. The van der Waals surface area contributed by atoms with Gasteiger partial charge in [-0.15, -0.1) is 0 Å². The van der Waals surface area contributed by atoms with Gasteiger partial charge in [0.1, 0.15) is 0 Å². The lowest BCUT2D eigenvalue weighted by atomic mass is 10.0. The van der Waals surface area contributed by atoms with Crippen molar-refractivity contribution in [1.82, 2.24) is 5.32 Å². The number of benzene rings is 1. The first kappa shape index (κ1) is 14.7. The van der Waals surface area contributed by atoms with Crippen molar-refractivity contribution in [2.45, 2.75) is 38.3 Å². The second-order valence-corrected chi connectivity index (χ2v) is 4.42. The molecular weight excluding hydrogens is 228 g/mol. The second kappa shape index (κ2) is 7.84. The maximum Gasteiger partial charge on any atom is 0.220 e. The van der Waals surface area contributed by atoms with Crippen molar-refractivity contribution >= 4 is 5.91 Å². The van der Waals surface area contributed by atoms with Crippen molar-refractivity contribution in [2.24, 2.45) is 5.73 Å². The van der Waals surface area contributed by atoms with Crippen molar-refractivity contribution < 1.29 is 9.90 Å². The number of nitrogens with two attached hydrogens (primary N) is 1. The highest BCUT2D eigenvalue weighted by Gasteiger charge is 2.09. The number of carbonyl (C=O) groups is 1. The largest absolute Gasteiger partial charge is 0.391 e. The summed E-state index contributed by atoms with van der Waals surface area (Å²) in [7, 11) is 0. The minimum absolute atomic E-state index is 0.0612. The Morgan fingerprint density at radius 2 is 2.06 bits per heavy atom. The van der Waals surface area contributed by atoms with E-state index < -0.39 is 6.10 Å². The predicted octanol–water partition coefficient (Wildman–Crippen LogP) is 1.35. The molecule has 2 unspecified atom stereocenters. The van der Waals surface area contributed by atoms with Gasteiger partial charge in [0.05, 0.1) is 6.10 Å². The molecule has 2 atom stereocenters. The van der Waals surface area contributed by atoms with Crippen LogP contribution in [0.15, 0.2) is 30.3 Å². The van der Waals surface area contributed by atoms with Crippen LogP contribution in [0.1, 0.15) is 37.8 Å². The monoisotopic (exact) mass is 250 g/mol. The Balaban J connectivity index is 2.26. The Morgan fingerprint density at radius 3 is 2.67 bits per heavy atom. The van der Waals surface area contributed by atoms with Crippen LogP contribution < -0.4 is 11.1 Å². The zero-order valence-corrected chi connectivity index (χ0v) is 10.8. The Bertz CT molecular complexity index is 354. The van der Waals surface area contributed by atoms with E-state index in [1.54, 1.807) is 0 Å². The average molecular weight is 250 g/mol. The van der Waals surface area contributed by atoms with Crippen molar-refractivity contribution in [2.75, 3.05) is 6.54 Å². The summed E-state index contributed by atoms with van der Waals surface area (Å²) in [5.74, 6) is -0.0612. The molecular formula is C14H22N2O2. The second-order valence-electron chi connectivity index (χ2n) is 4.42. The zero-order valence-electron chi connectivity index (χ0n) is 10.8. The Kier molecular flexibility index (Phi) is 6.39. The molecule has 0 bridgehead atoms. The van der Waals surface area contributed by atoms with E-state index in [1.807, 2.05) is 37.3 Å². The topological polar surface area (TPSA) is 75.3 Å². The van der Waals surface area contributed by atoms with E-state index in [9.17, 15) is 9.90 Å². The zero-order chi connectivity index (χ0) is 13.4. The predicted molar refractivity (Wildman–Crippen MR) is 71.9 cm³/mol. The molecule has 1 aromatic carbocycles. The summed E-state index contributed by atoms with van der Waals surface area (Å²) in [5, 5.41) is 12.0.